The van der Waals surface area contributed by atoms with Crippen molar-refractivity contribution < 1.29 is 4.74 Å². The van der Waals surface area contributed by atoms with Gasteiger partial charge < -0.3 is 10.1 Å². The van der Waals surface area contributed by atoms with Gasteiger partial charge in [0.15, 0.2) is 0 Å². The number of benzene rings is 2. The predicted octanol–water partition coefficient (Wildman–Crippen LogP) is 3.77. The fourth-order valence-corrected chi connectivity index (χ4v) is 3.63. The highest BCUT2D eigenvalue weighted by molar-refractivity contribution is 5.78. The van der Waals surface area contributed by atoms with E-state index in [1.54, 1.807) is 0 Å². The fraction of sp³-hybridized carbons (Fsp3) is 0.368. The summed E-state index contributed by atoms with van der Waals surface area (Å²) in [5, 5.41) is 3.78. The summed E-state index contributed by atoms with van der Waals surface area (Å²) in [6, 6.07) is 17.9. The van der Waals surface area contributed by atoms with Crippen molar-refractivity contribution in [3.63, 3.8) is 0 Å². The molecule has 1 aliphatic carbocycles. The van der Waals surface area contributed by atoms with Crippen LogP contribution in [-0.4, -0.2) is 19.8 Å². The molecule has 1 fully saturated rings. The summed E-state index contributed by atoms with van der Waals surface area (Å²) < 4.78 is 5.60. The van der Waals surface area contributed by atoms with Gasteiger partial charge in [-0.05, 0) is 41.0 Å². The molecule has 1 N–H and O–H groups in total. The summed E-state index contributed by atoms with van der Waals surface area (Å²) in [7, 11) is 0. The first-order valence-electron chi connectivity index (χ1n) is 7.93. The van der Waals surface area contributed by atoms with Gasteiger partial charge in [-0.25, -0.2) is 0 Å². The Labute approximate surface area is 126 Å². The lowest BCUT2D eigenvalue weighted by molar-refractivity contribution is 0.0542. The van der Waals surface area contributed by atoms with Gasteiger partial charge in [-0.1, -0.05) is 48.5 Å². The van der Waals surface area contributed by atoms with E-state index in [0.29, 0.717) is 12.0 Å². The van der Waals surface area contributed by atoms with Crippen LogP contribution >= 0.6 is 0 Å². The average Bonchev–Trinajstić information content (AvgIpc) is 2.88. The molecule has 2 aliphatic rings. The van der Waals surface area contributed by atoms with Gasteiger partial charge in [-0.15, -0.1) is 0 Å². The second kappa shape index (κ2) is 5.63. The summed E-state index contributed by atoms with van der Waals surface area (Å²) in [6.45, 7) is 2.88. The number of rotatable bonds is 3. The molecule has 0 aromatic heterocycles. The Balaban J connectivity index is 1.59. The summed E-state index contributed by atoms with van der Waals surface area (Å²) >= 11 is 0. The van der Waals surface area contributed by atoms with Crippen LogP contribution in [0.1, 0.15) is 30.0 Å². The van der Waals surface area contributed by atoms with Crippen molar-refractivity contribution in [2.24, 2.45) is 5.92 Å². The van der Waals surface area contributed by atoms with E-state index in [1.165, 1.54) is 35.1 Å². The van der Waals surface area contributed by atoms with Gasteiger partial charge in [0.1, 0.15) is 0 Å². The van der Waals surface area contributed by atoms with Gasteiger partial charge in [0.2, 0.25) is 0 Å². The first-order valence-corrected chi connectivity index (χ1v) is 7.93. The highest BCUT2D eigenvalue weighted by Crippen LogP contribution is 2.43. The van der Waals surface area contributed by atoms with E-state index in [4.69, 9.17) is 4.74 Å². The minimum absolute atomic E-state index is 0.333. The van der Waals surface area contributed by atoms with Gasteiger partial charge in [-0.2, -0.15) is 0 Å². The number of hydrogen-bond acceptors (Lipinski definition) is 2. The minimum Gasteiger partial charge on any atom is -0.381 e. The number of hydrogen-bond donors (Lipinski definition) is 1. The topological polar surface area (TPSA) is 21.3 Å². The normalized spacial score (nSPS) is 21.0. The van der Waals surface area contributed by atoms with Crippen LogP contribution in [0.25, 0.3) is 11.1 Å². The Morgan fingerprint density at radius 1 is 0.952 bits per heavy atom. The fourth-order valence-electron chi connectivity index (χ4n) is 3.63. The average molecular weight is 279 g/mol. The molecule has 0 bridgehead atoms. The first kappa shape index (κ1) is 13.1. The van der Waals surface area contributed by atoms with Crippen molar-refractivity contribution in [2.75, 3.05) is 19.8 Å². The number of fused-ring (bicyclic) bond motifs is 3. The summed E-state index contributed by atoms with van der Waals surface area (Å²) in [4.78, 5) is 0. The van der Waals surface area contributed by atoms with Crippen molar-refractivity contribution >= 4 is 0 Å². The number of ether oxygens (including phenoxy) is 1. The second-order valence-electron chi connectivity index (χ2n) is 6.10. The van der Waals surface area contributed by atoms with Crippen molar-refractivity contribution in [3.8, 4) is 11.1 Å². The van der Waals surface area contributed by atoms with Crippen LogP contribution in [0.4, 0.5) is 0 Å². The Morgan fingerprint density at radius 3 is 2.24 bits per heavy atom. The maximum absolute atomic E-state index is 5.60. The van der Waals surface area contributed by atoms with Crippen LogP contribution in [0.3, 0.4) is 0 Å². The third-order valence-electron chi connectivity index (χ3n) is 4.70. The zero-order valence-electron chi connectivity index (χ0n) is 12.2. The van der Waals surface area contributed by atoms with Gasteiger partial charge in [0.05, 0.1) is 12.6 Å². The van der Waals surface area contributed by atoms with Gasteiger partial charge in [-0.3, -0.25) is 0 Å². The van der Waals surface area contributed by atoms with E-state index in [-0.39, 0.29) is 0 Å². The smallest absolute Gasteiger partial charge is 0.0589 e. The molecular formula is C19H21NO. The summed E-state index contributed by atoms with van der Waals surface area (Å²) in [6.07, 6.45) is 2.48. The molecule has 1 saturated heterocycles. The quantitative estimate of drug-likeness (QED) is 0.923. The molecule has 2 aromatic rings. The zero-order valence-corrected chi connectivity index (χ0v) is 12.2. The molecule has 0 radical (unpaired) electrons. The molecule has 21 heavy (non-hydrogen) atoms. The Hall–Kier alpha value is -1.64. The molecular weight excluding hydrogens is 258 g/mol. The van der Waals surface area contributed by atoms with E-state index < -0.39 is 0 Å². The summed E-state index contributed by atoms with van der Waals surface area (Å²) in [5.41, 5.74) is 5.59. The van der Waals surface area contributed by atoms with Crippen LogP contribution in [0.5, 0.6) is 0 Å². The van der Waals surface area contributed by atoms with E-state index in [9.17, 15) is 0 Å². The Bertz CT molecular complexity index is 585. The standard InChI is InChI=1S/C19H21NO/c1-3-9-17-15(7-1)16-8-2-4-10-18(16)19(17)20-12-14-6-5-11-21-13-14/h1-4,7-10,14,19-20H,5-6,11-13H2. The maximum atomic E-state index is 5.60. The van der Waals surface area contributed by atoms with Crippen molar-refractivity contribution in [2.45, 2.75) is 18.9 Å². The zero-order chi connectivity index (χ0) is 14.1. The molecule has 0 amide bonds. The second-order valence-corrected chi connectivity index (χ2v) is 6.10. The van der Waals surface area contributed by atoms with Crippen LogP contribution in [0.15, 0.2) is 48.5 Å². The highest BCUT2D eigenvalue weighted by Gasteiger charge is 2.28. The molecule has 1 aliphatic heterocycles. The van der Waals surface area contributed by atoms with E-state index in [1.807, 2.05) is 0 Å². The van der Waals surface area contributed by atoms with Crippen LogP contribution in [0, 0.1) is 5.92 Å². The molecule has 0 spiro atoms. The van der Waals surface area contributed by atoms with E-state index in [2.05, 4.69) is 53.8 Å². The van der Waals surface area contributed by atoms with Gasteiger partial charge >= 0.3 is 0 Å². The lowest BCUT2D eigenvalue weighted by Crippen LogP contribution is -2.31. The maximum Gasteiger partial charge on any atom is 0.0589 e. The third-order valence-corrected chi connectivity index (χ3v) is 4.70. The van der Waals surface area contributed by atoms with Crippen molar-refractivity contribution in [1.82, 2.24) is 5.32 Å². The molecule has 2 heteroatoms. The predicted molar refractivity (Wildman–Crippen MR) is 85.3 cm³/mol. The Morgan fingerprint density at radius 2 is 1.62 bits per heavy atom. The minimum atomic E-state index is 0.333. The third kappa shape index (κ3) is 2.39. The molecule has 1 heterocycles. The molecule has 2 aromatic carbocycles. The van der Waals surface area contributed by atoms with Crippen LogP contribution in [0.2, 0.25) is 0 Å². The molecule has 1 unspecified atom stereocenters. The summed E-state index contributed by atoms with van der Waals surface area (Å²) in [5.74, 6) is 0.652. The molecule has 0 saturated carbocycles. The molecule has 1 atom stereocenters. The van der Waals surface area contributed by atoms with Crippen LogP contribution in [-0.2, 0) is 4.74 Å². The lowest BCUT2D eigenvalue weighted by atomic mass is 10.00. The number of nitrogens with one attached hydrogen (secondary N) is 1. The van der Waals surface area contributed by atoms with Gasteiger partial charge in [0.25, 0.3) is 0 Å². The van der Waals surface area contributed by atoms with Crippen molar-refractivity contribution in [3.05, 3.63) is 59.7 Å². The van der Waals surface area contributed by atoms with E-state index in [0.717, 1.165) is 19.8 Å². The van der Waals surface area contributed by atoms with Crippen molar-refractivity contribution in [1.29, 1.82) is 0 Å². The Kier molecular flexibility index (Phi) is 3.50. The highest BCUT2D eigenvalue weighted by atomic mass is 16.5. The molecule has 2 nitrogen and oxygen atoms in total. The first-order chi connectivity index (χ1) is 10.4. The van der Waals surface area contributed by atoms with E-state index >= 15 is 0 Å². The van der Waals surface area contributed by atoms with Gasteiger partial charge in [0, 0.05) is 13.2 Å². The lowest BCUT2D eigenvalue weighted by Gasteiger charge is -2.25. The largest absolute Gasteiger partial charge is 0.381 e. The van der Waals surface area contributed by atoms with Crippen LogP contribution < -0.4 is 5.32 Å². The SMILES string of the molecule is c1ccc2c(c1)-c1ccccc1C2NCC1CCCOC1. The molecule has 108 valence electrons. The molecule has 4 rings (SSSR count). The monoisotopic (exact) mass is 279 g/mol.